The molecule has 0 bridgehead atoms. The van der Waals surface area contributed by atoms with E-state index in [2.05, 4.69) is 53.4 Å². The largest absolute Gasteiger partial charge is 0.347 e. The highest BCUT2D eigenvalue weighted by molar-refractivity contribution is 6.57. The molecule has 0 fully saturated rings. The number of hydrogen-bond acceptors (Lipinski definition) is 3. The van der Waals surface area contributed by atoms with Gasteiger partial charge in [-0.1, -0.05) is 132 Å². The van der Waals surface area contributed by atoms with Crippen molar-refractivity contribution in [3.05, 3.63) is 70.5 Å². The number of ketones is 1. The van der Waals surface area contributed by atoms with Crippen LogP contribution in [0.4, 0.5) is 5.69 Å². The van der Waals surface area contributed by atoms with Gasteiger partial charge in [0.05, 0.1) is 15.8 Å². The molecule has 1 heterocycles. The Balaban J connectivity index is 1.37. The van der Waals surface area contributed by atoms with Gasteiger partial charge >= 0.3 is 0 Å². The first kappa shape index (κ1) is 29.5. The summed E-state index contributed by atoms with van der Waals surface area (Å²) in [6.45, 7) is 3.30. The van der Waals surface area contributed by atoms with Gasteiger partial charge < -0.3 is 4.90 Å². The zero-order valence-electron chi connectivity index (χ0n) is 22.4. The Hall–Kier alpha value is -2.10. The lowest BCUT2D eigenvalue weighted by Gasteiger charge is -2.27. The van der Waals surface area contributed by atoms with Crippen LogP contribution >= 0.6 is 23.2 Å². The van der Waals surface area contributed by atoms with Gasteiger partial charge in [0.1, 0.15) is 0 Å². The van der Waals surface area contributed by atoms with Crippen LogP contribution in [0.15, 0.2) is 70.0 Å². The van der Waals surface area contributed by atoms with Crippen molar-refractivity contribution < 1.29 is 4.79 Å². The number of unbranched alkanes of at least 4 members (excludes halogenated alkanes) is 13. The minimum Gasteiger partial charge on any atom is -0.347 e. The van der Waals surface area contributed by atoms with Gasteiger partial charge in [-0.25, -0.2) is 0 Å². The fourth-order valence-corrected chi connectivity index (χ4v) is 5.33. The lowest BCUT2D eigenvalue weighted by atomic mass is 10.00. The molecule has 0 unspecified atom stereocenters. The Morgan fingerprint density at radius 1 is 0.784 bits per heavy atom. The average molecular weight is 542 g/mol. The van der Waals surface area contributed by atoms with E-state index in [1.807, 2.05) is 6.20 Å². The molecule has 0 saturated carbocycles. The molecule has 0 aromatic heterocycles. The van der Waals surface area contributed by atoms with Gasteiger partial charge in [-0.05, 0) is 30.7 Å². The highest BCUT2D eigenvalue weighted by Crippen LogP contribution is 2.33. The molecule has 1 aliphatic heterocycles. The first-order chi connectivity index (χ1) is 18.1. The lowest BCUT2D eigenvalue weighted by Crippen LogP contribution is -2.21. The third-order valence-electron chi connectivity index (χ3n) is 7.05. The van der Waals surface area contributed by atoms with E-state index in [0.717, 1.165) is 17.7 Å². The standard InChI is InChI=1S/C32H42Cl2N2O/c1-2-3-4-5-6-7-8-9-10-11-12-13-14-17-21-36-22-20-26(28-18-15-16-19-31(28)36)25-35-27-23-29(33)32(37)30(34)24-27/h15-16,18-20,22-25H,2-14,17,21H2,1H3/b26-25+. The fraction of sp³-hybridized carbons (Fsp3) is 0.500. The summed E-state index contributed by atoms with van der Waals surface area (Å²) in [5.41, 5.74) is 3.94. The quantitative estimate of drug-likeness (QED) is 0.154. The van der Waals surface area contributed by atoms with E-state index < -0.39 is 0 Å². The summed E-state index contributed by atoms with van der Waals surface area (Å²) in [6.07, 6.45) is 28.4. The Bertz CT molecular complexity index is 1010. The minimum atomic E-state index is -0.364. The van der Waals surface area contributed by atoms with Gasteiger partial charge in [0, 0.05) is 35.8 Å². The van der Waals surface area contributed by atoms with Crippen molar-refractivity contribution in [2.75, 3.05) is 11.4 Å². The van der Waals surface area contributed by atoms with Gasteiger partial charge in [0.25, 0.3) is 0 Å². The van der Waals surface area contributed by atoms with Crippen LogP contribution in [-0.2, 0) is 4.79 Å². The smallest absolute Gasteiger partial charge is 0.215 e. The van der Waals surface area contributed by atoms with Gasteiger partial charge in [-0.3, -0.25) is 9.79 Å². The Labute approximate surface area is 234 Å². The molecule has 0 saturated heterocycles. The Kier molecular flexibility index (Phi) is 13.3. The molecule has 5 heteroatoms. The SMILES string of the molecule is CCCCCCCCCCCCCCCCN1C=C/C(=C\N=C2C=C(Cl)C(=O)C(Cl)=C2)c2ccccc21. The summed E-state index contributed by atoms with van der Waals surface area (Å²) >= 11 is 11.9. The van der Waals surface area contributed by atoms with Crippen LogP contribution in [0.25, 0.3) is 5.57 Å². The molecule has 0 radical (unpaired) electrons. The van der Waals surface area contributed by atoms with E-state index in [-0.39, 0.29) is 15.8 Å². The second-order valence-corrected chi connectivity index (χ2v) is 10.9. The van der Waals surface area contributed by atoms with Gasteiger partial charge in [-0.15, -0.1) is 0 Å². The van der Waals surface area contributed by atoms with E-state index in [0.29, 0.717) is 5.71 Å². The first-order valence-corrected chi connectivity index (χ1v) is 15.0. The number of halogens is 2. The minimum absolute atomic E-state index is 0.0866. The summed E-state index contributed by atoms with van der Waals surface area (Å²) in [7, 11) is 0. The van der Waals surface area contributed by atoms with E-state index in [4.69, 9.17) is 23.2 Å². The molecule has 0 N–H and O–H groups in total. The number of hydrogen-bond donors (Lipinski definition) is 0. The number of allylic oxidation sites excluding steroid dienone is 6. The molecule has 0 spiro atoms. The zero-order valence-corrected chi connectivity index (χ0v) is 23.9. The van der Waals surface area contributed by atoms with Gasteiger partial charge in [-0.2, -0.15) is 0 Å². The predicted octanol–water partition coefficient (Wildman–Crippen LogP) is 10.1. The molecule has 1 aromatic rings. The van der Waals surface area contributed by atoms with Crippen molar-refractivity contribution in [3.8, 4) is 0 Å². The van der Waals surface area contributed by atoms with Crippen LogP contribution in [0.5, 0.6) is 0 Å². The molecule has 37 heavy (non-hydrogen) atoms. The molecular formula is C32H42Cl2N2O. The van der Waals surface area contributed by atoms with E-state index in [1.165, 1.54) is 95.6 Å². The molecular weight excluding hydrogens is 499 g/mol. The van der Waals surface area contributed by atoms with Crippen molar-refractivity contribution in [1.29, 1.82) is 0 Å². The molecule has 200 valence electrons. The number of carbonyl (C=O) groups excluding carboxylic acids is 1. The monoisotopic (exact) mass is 540 g/mol. The number of nitrogens with zero attached hydrogens (tertiary/aromatic N) is 2. The Morgan fingerprint density at radius 2 is 1.32 bits per heavy atom. The number of anilines is 1. The molecule has 0 atom stereocenters. The van der Waals surface area contributed by atoms with Crippen molar-refractivity contribution in [2.24, 2.45) is 4.99 Å². The van der Waals surface area contributed by atoms with E-state index in [1.54, 1.807) is 12.2 Å². The number of para-hydroxylation sites is 1. The van der Waals surface area contributed by atoms with Crippen LogP contribution in [0.2, 0.25) is 0 Å². The van der Waals surface area contributed by atoms with Crippen LogP contribution in [0, 0.1) is 0 Å². The third kappa shape index (κ3) is 9.94. The normalized spacial score (nSPS) is 16.2. The van der Waals surface area contributed by atoms with Crippen molar-refractivity contribution in [3.63, 3.8) is 0 Å². The molecule has 1 aliphatic carbocycles. The van der Waals surface area contributed by atoms with Crippen molar-refractivity contribution in [1.82, 2.24) is 0 Å². The van der Waals surface area contributed by atoms with E-state index in [9.17, 15) is 4.79 Å². The topological polar surface area (TPSA) is 32.7 Å². The van der Waals surface area contributed by atoms with Gasteiger partial charge in [0.2, 0.25) is 5.78 Å². The van der Waals surface area contributed by atoms with Crippen LogP contribution in [0.3, 0.4) is 0 Å². The summed E-state index contributed by atoms with van der Waals surface area (Å²) < 4.78 is 0. The summed E-state index contributed by atoms with van der Waals surface area (Å²) in [5.74, 6) is -0.364. The lowest BCUT2D eigenvalue weighted by molar-refractivity contribution is -0.111. The van der Waals surface area contributed by atoms with Crippen molar-refractivity contribution in [2.45, 2.75) is 96.8 Å². The summed E-state index contributed by atoms with van der Waals surface area (Å²) in [4.78, 5) is 18.6. The Morgan fingerprint density at radius 3 is 1.92 bits per heavy atom. The summed E-state index contributed by atoms with van der Waals surface area (Å²) in [6, 6.07) is 8.42. The third-order valence-corrected chi connectivity index (χ3v) is 7.61. The van der Waals surface area contributed by atoms with Crippen LogP contribution in [0.1, 0.15) is 102 Å². The molecule has 1 aromatic carbocycles. The number of carbonyl (C=O) groups is 1. The second kappa shape index (κ2) is 16.7. The number of benzene rings is 1. The molecule has 3 rings (SSSR count). The maximum Gasteiger partial charge on any atom is 0.215 e. The van der Waals surface area contributed by atoms with E-state index >= 15 is 0 Å². The van der Waals surface area contributed by atoms with Crippen molar-refractivity contribution >= 4 is 46.0 Å². The predicted molar refractivity (Wildman–Crippen MR) is 162 cm³/mol. The maximum absolute atomic E-state index is 11.7. The highest BCUT2D eigenvalue weighted by atomic mass is 35.5. The number of aliphatic imine (C=N–C) groups is 1. The van der Waals surface area contributed by atoms with Gasteiger partial charge in [0.15, 0.2) is 0 Å². The second-order valence-electron chi connectivity index (χ2n) is 10.1. The molecule has 3 nitrogen and oxygen atoms in total. The highest BCUT2D eigenvalue weighted by Gasteiger charge is 2.18. The van der Waals surface area contributed by atoms with Crippen LogP contribution in [-0.4, -0.2) is 18.0 Å². The number of fused-ring (bicyclic) bond motifs is 1. The maximum atomic E-state index is 11.7. The first-order valence-electron chi connectivity index (χ1n) is 14.2. The van der Waals surface area contributed by atoms with Crippen LogP contribution < -0.4 is 4.90 Å². The zero-order chi connectivity index (χ0) is 26.3. The average Bonchev–Trinajstić information content (AvgIpc) is 2.91. The summed E-state index contributed by atoms with van der Waals surface area (Å²) in [5, 5.41) is 0.173. The number of rotatable bonds is 16. The fourth-order valence-electron chi connectivity index (χ4n) is 4.86. The molecule has 2 aliphatic rings. The number of Topliss-reactive ketones (excluding diaryl/α,β-unsaturated/α-hetero) is 1. The molecule has 0 amide bonds.